The van der Waals surface area contributed by atoms with Gasteiger partial charge in [-0.1, -0.05) is 27.7 Å². The van der Waals surface area contributed by atoms with E-state index < -0.39 is 0 Å². The number of pyridine rings is 1. The van der Waals surface area contributed by atoms with Gasteiger partial charge < -0.3 is 10.6 Å². The first kappa shape index (κ1) is 16.9. The van der Waals surface area contributed by atoms with Crippen molar-refractivity contribution in [3.8, 4) is 0 Å². The molecule has 2 N–H and O–H groups in total. The van der Waals surface area contributed by atoms with Crippen molar-refractivity contribution >= 4 is 16.9 Å². The third kappa shape index (κ3) is 3.15. The molecule has 0 aromatic carbocycles. The largest absolute Gasteiger partial charge is 0.338 e. The first-order chi connectivity index (χ1) is 11.3. The molecule has 3 rings (SSSR count). The summed E-state index contributed by atoms with van der Waals surface area (Å²) in [7, 11) is 0. The van der Waals surface area contributed by atoms with E-state index in [-0.39, 0.29) is 17.4 Å². The lowest BCUT2D eigenvalue weighted by Crippen LogP contribution is -2.54. The number of fused-ring (bicyclic) bond motifs is 1. The second-order valence-electron chi connectivity index (χ2n) is 7.97. The Kier molecular flexibility index (Phi) is 4.34. The van der Waals surface area contributed by atoms with Gasteiger partial charge in [0, 0.05) is 37.3 Å². The molecule has 6 heteroatoms. The van der Waals surface area contributed by atoms with Crippen molar-refractivity contribution in [2.45, 2.75) is 46.7 Å². The molecule has 0 bridgehead atoms. The minimum absolute atomic E-state index is 0.0287. The monoisotopic (exact) mass is 329 g/mol. The van der Waals surface area contributed by atoms with Gasteiger partial charge in [0.15, 0.2) is 5.65 Å². The van der Waals surface area contributed by atoms with E-state index in [2.05, 4.69) is 37.8 Å². The summed E-state index contributed by atoms with van der Waals surface area (Å²) in [6, 6.07) is 2.03. The Balaban J connectivity index is 1.83. The third-order valence-corrected chi connectivity index (χ3v) is 4.86. The fourth-order valence-corrected chi connectivity index (χ4v) is 3.30. The first-order valence-corrected chi connectivity index (χ1v) is 8.64. The molecule has 24 heavy (non-hydrogen) atoms. The normalized spacial score (nSPS) is 20.8. The second kappa shape index (κ2) is 6.16. The Hall–Kier alpha value is -1.95. The Bertz CT molecular complexity index is 749. The SMILES string of the molecule is CC(C)Cn1ncc2cc(C(=O)N3CCC(N)C(C)(C)C3)cnc21. The molecule has 1 aliphatic heterocycles. The van der Waals surface area contributed by atoms with Crippen LogP contribution in [0.15, 0.2) is 18.5 Å². The lowest BCUT2D eigenvalue weighted by molar-refractivity contribution is 0.0533. The molecule has 3 heterocycles. The number of aromatic nitrogens is 3. The standard InChI is InChI=1S/C18H27N5O/c1-12(2)10-23-16-13(9-21-23)7-14(8-20-16)17(24)22-6-5-15(19)18(3,4)11-22/h7-9,12,15H,5-6,10-11,19H2,1-4H3. The Morgan fingerprint density at radius 3 is 2.83 bits per heavy atom. The lowest BCUT2D eigenvalue weighted by Gasteiger charge is -2.42. The van der Waals surface area contributed by atoms with Crippen molar-refractivity contribution in [3.05, 3.63) is 24.0 Å². The average molecular weight is 329 g/mol. The summed E-state index contributed by atoms with van der Waals surface area (Å²) in [6.07, 6.45) is 4.29. The number of carbonyl (C=O) groups excluding carboxylic acids is 1. The summed E-state index contributed by atoms with van der Waals surface area (Å²) in [5, 5.41) is 5.31. The highest BCUT2D eigenvalue weighted by Crippen LogP contribution is 2.28. The van der Waals surface area contributed by atoms with Crippen LogP contribution >= 0.6 is 0 Å². The maximum Gasteiger partial charge on any atom is 0.255 e. The summed E-state index contributed by atoms with van der Waals surface area (Å²) in [6.45, 7) is 10.7. The van der Waals surface area contributed by atoms with Crippen molar-refractivity contribution in [1.29, 1.82) is 0 Å². The second-order valence-corrected chi connectivity index (χ2v) is 7.97. The predicted molar refractivity (Wildman–Crippen MR) is 94.6 cm³/mol. The maximum absolute atomic E-state index is 12.8. The van der Waals surface area contributed by atoms with Crippen molar-refractivity contribution in [2.75, 3.05) is 13.1 Å². The number of amides is 1. The van der Waals surface area contributed by atoms with Crippen LogP contribution < -0.4 is 5.73 Å². The van der Waals surface area contributed by atoms with E-state index in [9.17, 15) is 4.79 Å². The van der Waals surface area contributed by atoms with Crippen LogP contribution in [0.4, 0.5) is 0 Å². The lowest BCUT2D eigenvalue weighted by atomic mass is 9.79. The van der Waals surface area contributed by atoms with Crippen LogP contribution in [0.5, 0.6) is 0 Å². The summed E-state index contributed by atoms with van der Waals surface area (Å²) in [5.41, 5.74) is 7.56. The van der Waals surface area contributed by atoms with Crippen molar-refractivity contribution in [3.63, 3.8) is 0 Å². The van der Waals surface area contributed by atoms with Gasteiger partial charge in [0.25, 0.3) is 5.91 Å². The number of nitrogens with zero attached hydrogens (tertiary/aromatic N) is 4. The smallest absolute Gasteiger partial charge is 0.255 e. The zero-order valence-electron chi connectivity index (χ0n) is 15.0. The summed E-state index contributed by atoms with van der Waals surface area (Å²) in [5.74, 6) is 0.525. The minimum Gasteiger partial charge on any atom is -0.338 e. The predicted octanol–water partition coefficient (Wildman–Crippen LogP) is 2.29. The molecule has 0 spiro atoms. The summed E-state index contributed by atoms with van der Waals surface area (Å²) < 4.78 is 1.90. The van der Waals surface area contributed by atoms with Gasteiger partial charge in [0.1, 0.15) is 0 Å². The zero-order valence-corrected chi connectivity index (χ0v) is 15.0. The fraction of sp³-hybridized carbons (Fsp3) is 0.611. The third-order valence-electron chi connectivity index (χ3n) is 4.86. The van der Waals surface area contributed by atoms with E-state index in [1.807, 2.05) is 15.6 Å². The molecule has 1 unspecified atom stereocenters. The molecule has 2 aromatic heterocycles. The van der Waals surface area contributed by atoms with Crippen LogP contribution in [0.3, 0.4) is 0 Å². The summed E-state index contributed by atoms with van der Waals surface area (Å²) in [4.78, 5) is 19.2. The number of carbonyl (C=O) groups is 1. The fourth-order valence-electron chi connectivity index (χ4n) is 3.30. The van der Waals surface area contributed by atoms with Crippen LogP contribution in [0.25, 0.3) is 11.0 Å². The highest BCUT2D eigenvalue weighted by Gasteiger charge is 2.35. The number of nitrogens with two attached hydrogens (primary N) is 1. The van der Waals surface area contributed by atoms with Crippen LogP contribution in [-0.4, -0.2) is 44.7 Å². The number of likely N-dealkylation sites (tertiary alicyclic amines) is 1. The van der Waals surface area contributed by atoms with Gasteiger partial charge in [0.2, 0.25) is 0 Å². The Morgan fingerprint density at radius 1 is 1.42 bits per heavy atom. The molecule has 1 saturated heterocycles. The number of hydrogen-bond acceptors (Lipinski definition) is 4. The molecule has 1 aliphatic rings. The molecule has 1 fully saturated rings. The zero-order chi connectivity index (χ0) is 17.5. The molecule has 2 aromatic rings. The molecule has 0 saturated carbocycles. The maximum atomic E-state index is 12.8. The van der Waals surface area contributed by atoms with Crippen molar-refractivity contribution < 1.29 is 4.79 Å². The number of rotatable bonds is 3. The van der Waals surface area contributed by atoms with E-state index in [0.717, 1.165) is 24.0 Å². The van der Waals surface area contributed by atoms with Crippen molar-refractivity contribution in [2.24, 2.45) is 17.1 Å². The van der Waals surface area contributed by atoms with Gasteiger partial charge >= 0.3 is 0 Å². The minimum atomic E-state index is -0.0619. The molecule has 1 atom stereocenters. The first-order valence-electron chi connectivity index (χ1n) is 8.64. The topological polar surface area (TPSA) is 77.0 Å². The number of piperidine rings is 1. The van der Waals surface area contributed by atoms with E-state index in [1.54, 1.807) is 12.4 Å². The van der Waals surface area contributed by atoms with Gasteiger partial charge in [-0.05, 0) is 23.8 Å². The Morgan fingerprint density at radius 2 is 2.17 bits per heavy atom. The van der Waals surface area contributed by atoms with E-state index in [0.29, 0.717) is 24.6 Å². The van der Waals surface area contributed by atoms with Gasteiger partial charge in [0.05, 0.1) is 11.8 Å². The highest BCUT2D eigenvalue weighted by atomic mass is 16.2. The van der Waals surface area contributed by atoms with Gasteiger partial charge in [-0.25, -0.2) is 9.67 Å². The quantitative estimate of drug-likeness (QED) is 0.937. The van der Waals surface area contributed by atoms with Gasteiger partial charge in [-0.2, -0.15) is 5.10 Å². The molecule has 0 aliphatic carbocycles. The van der Waals surface area contributed by atoms with Crippen LogP contribution in [0.1, 0.15) is 44.5 Å². The molecule has 6 nitrogen and oxygen atoms in total. The van der Waals surface area contributed by atoms with Gasteiger partial charge in [-0.3, -0.25) is 4.79 Å². The molecule has 0 radical (unpaired) electrons. The van der Waals surface area contributed by atoms with Crippen molar-refractivity contribution in [1.82, 2.24) is 19.7 Å². The summed E-state index contributed by atoms with van der Waals surface area (Å²) >= 11 is 0. The number of hydrogen-bond donors (Lipinski definition) is 1. The van der Waals surface area contributed by atoms with Gasteiger partial charge in [-0.15, -0.1) is 0 Å². The molecular weight excluding hydrogens is 302 g/mol. The molecule has 1 amide bonds. The van der Waals surface area contributed by atoms with Crippen LogP contribution in [0.2, 0.25) is 0 Å². The van der Waals surface area contributed by atoms with Crippen LogP contribution in [-0.2, 0) is 6.54 Å². The average Bonchev–Trinajstić information content (AvgIpc) is 2.91. The molecular formula is C18H27N5O. The Labute approximate surface area is 143 Å². The van der Waals surface area contributed by atoms with E-state index >= 15 is 0 Å². The van der Waals surface area contributed by atoms with E-state index in [4.69, 9.17) is 5.73 Å². The molecule has 130 valence electrons. The van der Waals surface area contributed by atoms with Crippen LogP contribution in [0, 0.1) is 11.3 Å². The van der Waals surface area contributed by atoms with E-state index in [1.165, 1.54) is 0 Å². The highest BCUT2D eigenvalue weighted by molar-refractivity contribution is 5.96.